The Labute approximate surface area is 128 Å². The number of amidine groups is 1. The lowest BCUT2D eigenvalue weighted by atomic mass is 10.2. The molecule has 5 nitrogen and oxygen atoms in total. The summed E-state index contributed by atoms with van der Waals surface area (Å²) in [6.07, 6.45) is 0. The van der Waals surface area contributed by atoms with Gasteiger partial charge in [-0.3, -0.25) is 15.5 Å². The minimum absolute atomic E-state index is 0.0370. The van der Waals surface area contributed by atoms with E-state index in [0.717, 1.165) is 4.47 Å². The maximum absolute atomic E-state index is 11.0. The van der Waals surface area contributed by atoms with E-state index in [2.05, 4.69) is 15.9 Å². The molecule has 7 heteroatoms. The number of para-hydroxylation sites is 1. The van der Waals surface area contributed by atoms with Crippen LogP contribution in [0.1, 0.15) is 5.56 Å². The van der Waals surface area contributed by atoms with Crippen molar-refractivity contribution in [1.82, 2.24) is 0 Å². The van der Waals surface area contributed by atoms with Gasteiger partial charge in [0.1, 0.15) is 5.84 Å². The summed E-state index contributed by atoms with van der Waals surface area (Å²) in [6.45, 7) is 0. The highest BCUT2D eigenvalue weighted by Gasteiger charge is 2.16. The quantitative estimate of drug-likeness (QED) is 0.379. The highest BCUT2D eigenvalue weighted by molar-refractivity contribution is 9.10. The predicted octanol–water partition coefficient (Wildman–Crippen LogP) is 3.79. The van der Waals surface area contributed by atoms with Crippen molar-refractivity contribution in [3.63, 3.8) is 0 Å². The zero-order chi connectivity index (χ0) is 14.7. The van der Waals surface area contributed by atoms with Gasteiger partial charge < -0.3 is 5.73 Å². The Kier molecular flexibility index (Phi) is 4.41. The number of nitrogens with two attached hydrogens (primary N) is 1. The Morgan fingerprint density at radius 3 is 2.60 bits per heavy atom. The standard InChI is InChI=1S/C13H10BrN3O2S/c14-8-5-6-11(9(7-8)13(15)16)20-12-4-2-1-3-10(12)17(18)19/h1-7H,(H3,15,16). The predicted molar refractivity (Wildman–Crippen MR) is 82.4 cm³/mol. The molecule has 0 saturated heterocycles. The lowest BCUT2D eigenvalue weighted by molar-refractivity contribution is -0.387. The van der Waals surface area contributed by atoms with E-state index in [9.17, 15) is 10.1 Å². The second-order valence-corrected chi connectivity index (χ2v) is 5.88. The van der Waals surface area contributed by atoms with Crippen molar-refractivity contribution in [3.05, 3.63) is 62.6 Å². The van der Waals surface area contributed by atoms with Gasteiger partial charge in [-0.25, -0.2) is 0 Å². The number of hydrogen-bond donors (Lipinski definition) is 2. The molecule has 0 aliphatic heterocycles. The van der Waals surface area contributed by atoms with E-state index in [1.165, 1.54) is 17.8 Å². The first-order chi connectivity index (χ1) is 9.49. The topological polar surface area (TPSA) is 93.0 Å². The van der Waals surface area contributed by atoms with Gasteiger partial charge >= 0.3 is 0 Å². The van der Waals surface area contributed by atoms with Gasteiger partial charge in [0.15, 0.2) is 0 Å². The molecule has 0 fully saturated rings. The fraction of sp³-hybridized carbons (Fsp3) is 0. The number of nitro groups is 1. The van der Waals surface area contributed by atoms with Gasteiger partial charge in [0, 0.05) is 21.0 Å². The highest BCUT2D eigenvalue weighted by Crippen LogP contribution is 2.36. The molecule has 0 spiro atoms. The van der Waals surface area contributed by atoms with Crippen LogP contribution in [0.2, 0.25) is 0 Å². The molecule has 0 aromatic heterocycles. The van der Waals surface area contributed by atoms with E-state index in [1.54, 1.807) is 30.3 Å². The number of benzene rings is 2. The number of nitrogen functional groups attached to an aromatic ring is 1. The van der Waals surface area contributed by atoms with Crippen LogP contribution in [-0.4, -0.2) is 10.8 Å². The molecular weight excluding hydrogens is 342 g/mol. The van der Waals surface area contributed by atoms with E-state index in [0.29, 0.717) is 15.4 Å². The van der Waals surface area contributed by atoms with Crippen molar-refractivity contribution >= 4 is 39.2 Å². The molecule has 0 heterocycles. The van der Waals surface area contributed by atoms with Gasteiger partial charge in [0.2, 0.25) is 0 Å². The van der Waals surface area contributed by atoms with Gasteiger partial charge in [0.25, 0.3) is 5.69 Å². The van der Waals surface area contributed by atoms with Crippen LogP contribution in [0.3, 0.4) is 0 Å². The van der Waals surface area contributed by atoms with E-state index in [1.807, 2.05) is 6.07 Å². The second kappa shape index (κ2) is 6.06. The van der Waals surface area contributed by atoms with Gasteiger partial charge in [-0.2, -0.15) is 0 Å². The van der Waals surface area contributed by atoms with Gasteiger partial charge in [-0.15, -0.1) is 0 Å². The van der Waals surface area contributed by atoms with Gasteiger partial charge in [0.05, 0.1) is 9.82 Å². The molecule has 0 atom stereocenters. The van der Waals surface area contributed by atoms with Gasteiger partial charge in [-0.1, -0.05) is 39.8 Å². The molecule has 2 aromatic rings. The second-order valence-electron chi connectivity index (χ2n) is 3.88. The number of rotatable bonds is 4. The van der Waals surface area contributed by atoms with E-state index >= 15 is 0 Å². The van der Waals surface area contributed by atoms with Crippen LogP contribution in [0.25, 0.3) is 0 Å². The lowest BCUT2D eigenvalue weighted by Crippen LogP contribution is -2.12. The molecule has 20 heavy (non-hydrogen) atoms. The Balaban J connectivity index is 2.45. The molecule has 0 amide bonds. The average Bonchev–Trinajstić information content (AvgIpc) is 2.41. The minimum Gasteiger partial charge on any atom is -0.384 e. The average molecular weight is 352 g/mol. The lowest BCUT2D eigenvalue weighted by Gasteiger charge is -2.08. The van der Waals surface area contributed by atoms with Gasteiger partial charge in [-0.05, 0) is 24.3 Å². The van der Waals surface area contributed by atoms with E-state index in [4.69, 9.17) is 11.1 Å². The fourth-order valence-electron chi connectivity index (χ4n) is 1.61. The molecule has 3 N–H and O–H groups in total. The van der Waals surface area contributed by atoms with Crippen LogP contribution < -0.4 is 5.73 Å². The van der Waals surface area contributed by atoms with Crippen molar-refractivity contribution < 1.29 is 4.92 Å². The SMILES string of the molecule is N=C(N)c1cc(Br)ccc1Sc1ccccc1[N+](=O)[O-]. The number of nitro benzene ring substituents is 1. The molecule has 102 valence electrons. The third-order valence-electron chi connectivity index (χ3n) is 2.51. The zero-order valence-corrected chi connectivity index (χ0v) is 12.6. The number of hydrogen-bond acceptors (Lipinski definition) is 4. The molecule has 0 saturated carbocycles. The number of nitrogens with zero attached hydrogens (tertiary/aromatic N) is 1. The van der Waals surface area contributed by atoms with E-state index < -0.39 is 4.92 Å². The minimum atomic E-state index is -0.422. The third-order valence-corrected chi connectivity index (χ3v) is 4.15. The van der Waals surface area contributed by atoms with Crippen molar-refractivity contribution in [2.45, 2.75) is 9.79 Å². The van der Waals surface area contributed by atoms with Crippen LogP contribution >= 0.6 is 27.7 Å². The van der Waals surface area contributed by atoms with Crippen LogP contribution in [-0.2, 0) is 0 Å². The maximum Gasteiger partial charge on any atom is 0.283 e. The Bertz CT molecular complexity index is 691. The van der Waals surface area contributed by atoms with Crippen LogP contribution in [0.15, 0.2) is 56.7 Å². The third kappa shape index (κ3) is 3.17. The summed E-state index contributed by atoms with van der Waals surface area (Å²) in [5, 5.41) is 18.6. The fourth-order valence-corrected chi connectivity index (χ4v) is 3.02. The molecule has 2 rings (SSSR count). The van der Waals surface area contributed by atoms with Crippen molar-refractivity contribution in [2.24, 2.45) is 5.73 Å². The van der Waals surface area contributed by atoms with Crippen molar-refractivity contribution in [2.75, 3.05) is 0 Å². The summed E-state index contributed by atoms with van der Waals surface area (Å²) in [5.74, 6) is -0.0765. The Morgan fingerprint density at radius 2 is 1.95 bits per heavy atom. The summed E-state index contributed by atoms with van der Waals surface area (Å²) >= 11 is 4.54. The molecule has 0 unspecified atom stereocenters. The summed E-state index contributed by atoms with van der Waals surface area (Å²) in [5.41, 5.74) is 6.13. The molecule has 2 aromatic carbocycles. The first kappa shape index (κ1) is 14.5. The molecule has 0 aliphatic carbocycles. The summed E-state index contributed by atoms with van der Waals surface area (Å²) in [4.78, 5) is 11.8. The normalized spacial score (nSPS) is 10.2. The Morgan fingerprint density at radius 1 is 1.25 bits per heavy atom. The Hall–Kier alpha value is -1.86. The van der Waals surface area contributed by atoms with Crippen LogP contribution in [0.5, 0.6) is 0 Å². The first-order valence-electron chi connectivity index (χ1n) is 5.54. The molecular formula is C13H10BrN3O2S. The maximum atomic E-state index is 11.0. The molecule has 0 radical (unpaired) electrons. The molecule has 0 bridgehead atoms. The monoisotopic (exact) mass is 351 g/mol. The zero-order valence-electron chi connectivity index (χ0n) is 10.2. The number of nitrogens with one attached hydrogen (secondary N) is 1. The van der Waals surface area contributed by atoms with Crippen molar-refractivity contribution in [1.29, 1.82) is 5.41 Å². The first-order valence-corrected chi connectivity index (χ1v) is 7.15. The highest BCUT2D eigenvalue weighted by atomic mass is 79.9. The van der Waals surface area contributed by atoms with Crippen LogP contribution in [0, 0.1) is 15.5 Å². The van der Waals surface area contributed by atoms with E-state index in [-0.39, 0.29) is 11.5 Å². The molecule has 0 aliphatic rings. The summed E-state index contributed by atoms with van der Waals surface area (Å²) in [7, 11) is 0. The smallest absolute Gasteiger partial charge is 0.283 e. The van der Waals surface area contributed by atoms with Crippen LogP contribution in [0.4, 0.5) is 5.69 Å². The largest absolute Gasteiger partial charge is 0.384 e. The van der Waals surface area contributed by atoms with Crippen molar-refractivity contribution in [3.8, 4) is 0 Å². The summed E-state index contributed by atoms with van der Waals surface area (Å²) in [6, 6.07) is 11.8. The summed E-state index contributed by atoms with van der Waals surface area (Å²) < 4.78 is 0.801. The number of halogens is 1.